The summed E-state index contributed by atoms with van der Waals surface area (Å²) in [6.07, 6.45) is 1.27. The maximum Gasteiger partial charge on any atom is 0.0202 e. The van der Waals surface area contributed by atoms with Gasteiger partial charge in [-0.25, -0.2) is 0 Å². The summed E-state index contributed by atoms with van der Waals surface area (Å²) in [6.45, 7) is 11.6. The Morgan fingerprint density at radius 2 is 1.92 bits per heavy atom. The Labute approximate surface area is 82.7 Å². The molecule has 0 radical (unpaired) electrons. The highest BCUT2D eigenvalue weighted by atomic mass is 15.2. The molecule has 0 aromatic heterocycles. The number of rotatable bonds is 1. The van der Waals surface area contributed by atoms with Crippen LogP contribution in [0.2, 0.25) is 0 Å². The largest absolute Gasteiger partial charge is 0.309 e. The lowest BCUT2D eigenvalue weighted by molar-refractivity contribution is 0.165. The van der Waals surface area contributed by atoms with Gasteiger partial charge in [-0.05, 0) is 25.8 Å². The monoisotopic (exact) mass is 184 g/mol. The van der Waals surface area contributed by atoms with Crippen molar-refractivity contribution in [2.24, 2.45) is 5.41 Å². The van der Waals surface area contributed by atoms with Crippen LogP contribution in [0.1, 0.15) is 34.1 Å². The Morgan fingerprint density at radius 1 is 1.31 bits per heavy atom. The third kappa shape index (κ3) is 4.10. The summed E-state index contributed by atoms with van der Waals surface area (Å²) in [5, 5.41) is 3.66. The van der Waals surface area contributed by atoms with Crippen molar-refractivity contribution in [2.45, 2.75) is 46.2 Å². The van der Waals surface area contributed by atoms with Gasteiger partial charge in [-0.3, -0.25) is 0 Å². The van der Waals surface area contributed by atoms with Gasteiger partial charge in [0.25, 0.3) is 0 Å². The van der Waals surface area contributed by atoms with Gasteiger partial charge >= 0.3 is 0 Å². The first kappa shape index (κ1) is 11.0. The second-order valence-electron chi connectivity index (χ2n) is 5.75. The van der Waals surface area contributed by atoms with E-state index >= 15 is 0 Å². The topological polar surface area (TPSA) is 15.3 Å². The SMILES string of the molecule is C[C@@H]1CN(C)CC(CC(C)(C)C)N1. The minimum atomic E-state index is 0.440. The van der Waals surface area contributed by atoms with Gasteiger partial charge in [-0.2, -0.15) is 0 Å². The highest BCUT2D eigenvalue weighted by Gasteiger charge is 2.25. The van der Waals surface area contributed by atoms with E-state index in [1.165, 1.54) is 19.5 Å². The molecule has 0 amide bonds. The third-order valence-electron chi connectivity index (χ3n) is 2.50. The molecular weight excluding hydrogens is 160 g/mol. The lowest BCUT2D eigenvalue weighted by atomic mass is 9.87. The number of hydrogen-bond acceptors (Lipinski definition) is 2. The standard InChI is InChI=1S/C11H24N2/c1-9-7-13(5)8-10(12-9)6-11(2,3)4/h9-10,12H,6-8H2,1-5H3/t9-,10?/m1/s1. The molecule has 1 unspecified atom stereocenters. The molecule has 0 saturated carbocycles. The first-order chi connectivity index (χ1) is 5.87. The second-order valence-corrected chi connectivity index (χ2v) is 5.75. The van der Waals surface area contributed by atoms with Crippen LogP contribution in [-0.4, -0.2) is 37.1 Å². The number of likely N-dealkylation sites (N-methyl/N-ethyl adjacent to an activating group) is 1. The highest BCUT2D eigenvalue weighted by Crippen LogP contribution is 2.22. The van der Waals surface area contributed by atoms with Crippen LogP contribution in [0, 0.1) is 5.41 Å². The van der Waals surface area contributed by atoms with Gasteiger partial charge in [-0.15, -0.1) is 0 Å². The molecule has 0 aromatic carbocycles. The summed E-state index contributed by atoms with van der Waals surface area (Å²) in [5.41, 5.74) is 0.440. The van der Waals surface area contributed by atoms with E-state index in [1.807, 2.05) is 0 Å². The maximum absolute atomic E-state index is 3.66. The van der Waals surface area contributed by atoms with Crippen LogP contribution < -0.4 is 5.32 Å². The molecule has 1 heterocycles. The van der Waals surface area contributed by atoms with E-state index in [4.69, 9.17) is 0 Å². The molecule has 0 aromatic rings. The van der Waals surface area contributed by atoms with Gasteiger partial charge < -0.3 is 10.2 Å². The van der Waals surface area contributed by atoms with Gasteiger partial charge in [0.1, 0.15) is 0 Å². The van der Waals surface area contributed by atoms with Crippen molar-refractivity contribution >= 4 is 0 Å². The summed E-state index contributed by atoms with van der Waals surface area (Å²) in [7, 11) is 2.22. The van der Waals surface area contributed by atoms with Crippen molar-refractivity contribution in [3.63, 3.8) is 0 Å². The quantitative estimate of drug-likeness (QED) is 0.667. The van der Waals surface area contributed by atoms with Crippen molar-refractivity contribution in [3.8, 4) is 0 Å². The summed E-state index contributed by atoms with van der Waals surface area (Å²) >= 11 is 0. The lowest BCUT2D eigenvalue weighted by Crippen LogP contribution is -2.54. The van der Waals surface area contributed by atoms with Crippen LogP contribution in [0.25, 0.3) is 0 Å². The average molecular weight is 184 g/mol. The molecule has 1 aliphatic heterocycles. The van der Waals surface area contributed by atoms with E-state index in [0.29, 0.717) is 17.5 Å². The van der Waals surface area contributed by atoms with E-state index in [0.717, 1.165) is 0 Å². The zero-order chi connectivity index (χ0) is 10.1. The molecule has 78 valence electrons. The van der Waals surface area contributed by atoms with Crippen LogP contribution >= 0.6 is 0 Å². The van der Waals surface area contributed by atoms with Crippen LogP contribution in [-0.2, 0) is 0 Å². The van der Waals surface area contributed by atoms with Crippen LogP contribution in [0.15, 0.2) is 0 Å². The number of hydrogen-bond donors (Lipinski definition) is 1. The zero-order valence-electron chi connectivity index (χ0n) is 9.72. The van der Waals surface area contributed by atoms with Gasteiger partial charge in [-0.1, -0.05) is 20.8 Å². The van der Waals surface area contributed by atoms with Gasteiger partial charge in [0.2, 0.25) is 0 Å². The van der Waals surface area contributed by atoms with Gasteiger partial charge in [0, 0.05) is 25.2 Å². The van der Waals surface area contributed by atoms with Crippen molar-refractivity contribution < 1.29 is 0 Å². The molecule has 1 N–H and O–H groups in total. The van der Waals surface area contributed by atoms with E-state index in [9.17, 15) is 0 Å². The van der Waals surface area contributed by atoms with E-state index in [1.54, 1.807) is 0 Å². The fourth-order valence-electron chi connectivity index (χ4n) is 2.29. The number of piperazine rings is 1. The normalized spacial score (nSPS) is 32.1. The highest BCUT2D eigenvalue weighted by molar-refractivity contribution is 4.84. The molecule has 1 saturated heterocycles. The average Bonchev–Trinajstić information content (AvgIpc) is 1.78. The first-order valence-electron chi connectivity index (χ1n) is 5.31. The van der Waals surface area contributed by atoms with Crippen molar-refractivity contribution in [3.05, 3.63) is 0 Å². The molecule has 0 spiro atoms. The molecule has 1 aliphatic rings. The predicted octanol–water partition coefficient (Wildman–Crippen LogP) is 1.71. The fraction of sp³-hybridized carbons (Fsp3) is 1.00. The summed E-state index contributed by atoms with van der Waals surface area (Å²) in [5.74, 6) is 0. The Morgan fingerprint density at radius 3 is 2.38 bits per heavy atom. The van der Waals surface area contributed by atoms with Crippen LogP contribution in [0.5, 0.6) is 0 Å². The van der Waals surface area contributed by atoms with E-state index in [-0.39, 0.29) is 0 Å². The molecule has 13 heavy (non-hydrogen) atoms. The summed E-state index contributed by atoms with van der Waals surface area (Å²) in [4.78, 5) is 2.43. The summed E-state index contributed by atoms with van der Waals surface area (Å²) < 4.78 is 0. The molecule has 0 aliphatic carbocycles. The Hall–Kier alpha value is -0.0800. The second kappa shape index (κ2) is 3.97. The molecule has 1 rings (SSSR count). The summed E-state index contributed by atoms with van der Waals surface area (Å²) in [6, 6.07) is 1.32. The van der Waals surface area contributed by atoms with Crippen molar-refractivity contribution in [1.82, 2.24) is 10.2 Å². The lowest BCUT2D eigenvalue weighted by Gasteiger charge is -2.38. The smallest absolute Gasteiger partial charge is 0.0202 e. The van der Waals surface area contributed by atoms with Gasteiger partial charge in [0.15, 0.2) is 0 Å². The Kier molecular flexibility index (Phi) is 3.36. The fourth-order valence-corrected chi connectivity index (χ4v) is 2.29. The van der Waals surface area contributed by atoms with Crippen LogP contribution in [0.4, 0.5) is 0 Å². The molecule has 1 fully saturated rings. The van der Waals surface area contributed by atoms with Crippen molar-refractivity contribution in [1.29, 1.82) is 0 Å². The van der Waals surface area contributed by atoms with E-state index in [2.05, 4.69) is 45.0 Å². The van der Waals surface area contributed by atoms with E-state index < -0.39 is 0 Å². The first-order valence-corrected chi connectivity index (χ1v) is 5.31. The third-order valence-corrected chi connectivity index (χ3v) is 2.50. The minimum Gasteiger partial charge on any atom is -0.309 e. The molecule has 0 bridgehead atoms. The predicted molar refractivity (Wildman–Crippen MR) is 58.0 cm³/mol. The molecular formula is C11H24N2. The Balaban J connectivity index is 2.42. The number of nitrogens with zero attached hydrogens (tertiary/aromatic N) is 1. The molecule has 2 heteroatoms. The zero-order valence-corrected chi connectivity index (χ0v) is 9.72. The maximum atomic E-state index is 3.66. The van der Waals surface area contributed by atoms with Gasteiger partial charge in [0.05, 0.1) is 0 Å². The van der Waals surface area contributed by atoms with Crippen LogP contribution in [0.3, 0.4) is 0 Å². The number of nitrogens with one attached hydrogen (secondary N) is 1. The molecule has 2 atom stereocenters. The van der Waals surface area contributed by atoms with Crippen molar-refractivity contribution in [2.75, 3.05) is 20.1 Å². The Bertz CT molecular complexity index is 150. The molecule has 2 nitrogen and oxygen atoms in total. The minimum absolute atomic E-state index is 0.440.